The lowest BCUT2D eigenvalue weighted by molar-refractivity contribution is -0.890. The van der Waals surface area contributed by atoms with E-state index in [2.05, 4.69) is 27.9 Å². The van der Waals surface area contributed by atoms with Gasteiger partial charge in [-0.2, -0.15) is 0 Å². The van der Waals surface area contributed by atoms with Gasteiger partial charge < -0.3 is 22.0 Å². The summed E-state index contributed by atoms with van der Waals surface area (Å²) in [5.74, 6) is 0.0858. The Morgan fingerprint density at radius 3 is 0.960 bits per heavy atom. The third-order valence-corrected chi connectivity index (χ3v) is 10.7. The first kappa shape index (κ1) is 51.5. The van der Waals surface area contributed by atoms with Crippen LogP contribution >= 0.6 is 0 Å². The van der Waals surface area contributed by atoms with Gasteiger partial charge in [-0.25, -0.2) is 0 Å². The van der Waals surface area contributed by atoms with Crippen molar-refractivity contribution >= 4 is 11.8 Å². The lowest BCUT2D eigenvalue weighted by atomic mass is 10.0. The summed E-state index contributed by atoms with van der Waals surface area (Å²) in [4.78, 5) is 28.2. The molecule has 5 nitrogen and oxygen atoms in total. The molecule has 0 bridgehead atoms. The standard InChI is InChI=1S/C44H89N2O3.ClH/c1-5-7-9-11-13-15-17-19-21-23-25-27-29-31-33-37-43(48)45(39-35-40-46(3,4)41-36-42-47)44(49)38-34-32-30-28-26-24-22-20-18-16-14-12-10-8-6-2;/h47H,5-42H2,1-4H3;1H/q+1;/p-1. The Balaban J connectivity index is 0. The molecule has 2 amide bonds. The molecule has 0 saturated heterocycles. The molecule has 0 rings (SSSR count). The number of unbranched alkanes of at least 4 members (excludes halogenated alkanes) is 28. The van der Waals surface area contributed by atoms with Crippen molar-refractivity contribution in [1.82, 2.24) is 4.90 Å². The van der Waals surface area contributed by atoms with Crippen LogP contribution in [0.2, 0.25) is 0 Å². The summed E-state index contributed by atoms with van der Waals surface area (Å²) >= 11 is 0. The average Bonchev–Trinajstić information content (AvgIpc) is 3.09. The van der Waals surface area contributed by atoms with Gasteiger partial charge in [0.15, 0.2) is 0 Å². The minimum absolute atomic E-state index is 0. The Kier molecular flexibility index (Phi) is 40.7. The maximum absolute atomic E-state index is 13.3. The molecule has 0 fully saturated rings. The van der Waals surface area contributed by atoms with Crippen molar-refractivity contribution in [3.8, 4) is 0 Å². The highest BCUT2D eigenvalue weighted by atomic mass is 35.5. The highest BCUT2D eigenvalue weighted by Gasteiger charge is 2.22. The SMILES string of the molecule is CCCCCCCCCCCCCCCCCC(=O)N(CCC[N+](C)(C)CCCO)C(=O)CCCCCCCCCCCCCCCCC.[Cl-]. The van der Waals surface area contributed by atoms with Crippen LogP contribution in [0.4, 0.5) is 0 Å². The molecule has 0 aliphatic carbocycles. The zero-order valence-corrected chi connectivity index (χ0v) is 35.2. The predicted molar refractivity (Wildman–Crippen MR) is 214 cm³/mol. The monoisotopic (exact) mass is 729 g/mol. The van der Waals surface area contributed by atoms with Gasteiger partial charge in [0.1, 0.15) is 0 Å². The van der Waals surface area contributed by atoms with E-state index in [1.807, 2.05) is 0 Å². The fourth-order valence-corrected chi connectivity index (χ4v) is 7.22. The van der Waals surface area contributed by atoms with Crippen LogP contribution in [-0.4, -0.2) is 66.6 Å². The van der Waals surface area contributed by atoms with Crippen molar-refractivity contribution in [3.63, 3.8) is 0 Å². The van der Waals surface area contributed by atoms with Gasteiger partial charge in [-0.3, -0.25) is 14.5 Å². The van der Waals surface area contributed by atoms with Gasteiger partial charge in [0.2, 0.25) is 11.8 Å². The second-order valence-electron chi connectivity index (χ2n) is 16.2. The minimum Gasteiger partial charge on any atom is -1.00 e. The van der Waals surface area contributed by atoms with E-state index in [-0.39, 0.29) is 30.8 Å². The maximum atomic E-state index is 13.3. The molecule has 0 aromatic carbocycles. The molecule has 0 aliphatic rings. The van der Waals surface area contributed by atoms with Crippen molar-refractivity contribution in [2.75, 3.05) is 40.3 Å². The number of carbonyl (C=O) groups is 2. The van der Waals surface area contributed by atoms with Crippen LogP contribution in [0.5, 0.6) is 0 Å². The highest BCUT2D eigenvalue weighted by Crippen LogP contribution is 2.17. The van der Waals surface area contributed by atoms with E-state index in [0.29, 0.717) is 19.4 Å². The molecule has 50 heavy (non-hydrogen) atoms. The van der Waals surface area contributed by atoms with Crippen LogP contribution in [0.15, 0.2) is 0 Å². The maximum Gasteiger partial charge on any atom is 0.229 e. The van der Waals surface area contributed by atoms with Crippen molar-refractivity contribution in [3.05, 3.63) is 0 Å². The van der Waals surface area contributed by atoms with Crippen LogP contribution in [0.25, 0.3) is 0 Å². The third kappa shape index (κ3) is 35.7. The number of quaternary nitrogens is 1. The summed E-state index contributed by atoms with van der Waals surface area (Å²) in [7, 11) is 4.35. The summed E-state index contributed by atoms with van der Waals surface area (Å²) < 4.78 is 0.814. The molecule has 0 aliphatic heterocycles. The lowest BCUT2D eigenvalue weighted by Gasteiger charge is -2.30. The van der Waals surface area contributed by atoms with Gasteiger partial charge >= 0.3 is 0 Å². The first-order valence-electron chi connectivity index (χ1n) is 22.1. The summed E-state index contributed by atoms with van der Waals surface area (Å²) in [5.41, 5.74) is 0. The number of imide groups is 1. The summed E-state index contributed by atoms with van der Waals surface area (Å²) in [6, 6.07) is 0. The van der Waals surface area contributed by atoms with Crippen LogP contribution < -0.4 is 12.4 Å². The van der Waals surface area contributed by atoms with E-state index in [1.165, 1.54) is 167 Å². The molecule has 0 heterocycles. The predicted octanol–water partition coefficient (Wildman–Crippen LogP) is 9.72. The number of amides is 2. The van der Waals surface area contributed by atoms with Crippen LogP contribution in [0.3, 0.4) is 0 Å². The molecule has 0 atom stereocenters. The van der Waals surface area contributed by atoms with E-state index in [1.54, 1.807) is 4.90 Å². The van der Waals surface area contributed by atoms with E-state index in [0.717, 1.165) is 56.1 Å². The number of hydrogen-bond acceptors (Lipinski definition) is 3. The second kappa shape index (κ2) is 39.6. The van der Waals surface area contributed by atoms with Crippen molar-refractivity contribution in [1.29, 1.82) is 0 Å². The van der Waals surface area contributed by atoms with Gasteiger partial charge in [-0.1, -0.05) is 194 Å². The van der Waals surface area contributed by atoms with Crippen LogP contribution in [0.1, 0.15) is 232 Å². The van der Waals surface area contributed by atoms with E-state index in [4.69, 9.17) is 0 Å². The zero-order chi connectivity index (χ0) is 36.1. The molecule has 300 valence electrons. The Hall–Kier alpha value is -0.650. The van der Waals surface area contributed by atoms with Crippen LogP contribution in [0, 0.1) is 0 Å². The normalized spacial score (nSPS) is 11.5. The Morgan fingerprint density at radius 2 is 0.680 bits per heavy atom. The molecule has 0 aromatic rings. The van der Waals surface area contributed by atoms with E-state index >= 15 is 0 Å². The minimum atomic E-state index is 0. The summed E-state index contributed by atoms with van der Waals surface area (Å²) in [6.45, 7) is 7.14. The average molecular weight is 730 g/mol. The molecule has 0 radical (unpaired) electrons. The zero-order valence-electron chi connectivity index (χ0n) is 34.4. The van der Waals surface area contributed by atoms with Crippen molar-refractivity contribution in [2.24, 2.45) is 0 Å². The number of aliphatic hydroxyl groups excluding tert-OH is 1. The number of aliphatic hydroxyl groups is 1. The van der Waals surface area contributed by atoms with Crippen molar-refractivity contribution in [2.45, 2.75) is 232 Å². The number of halogens is 1. The fourth-order valence-electron chi connectivity index (χ4n) is 7.22. The van der Waals surface area contributed by atoms with Gasteiger partial charge in [-0.15, -0.1) is 0 Å². The van der Waals surface area contributed by atoms with E-state index < -0.39 is 0 Å². The number of hydrogen-bond donors (Lipinski definition) is 1. The topological polar surface area (TPSA) is 57.6 Å². The number of carbonyl (C=O) groups excluding carboxylic acids is 2. The highest BCUT2D eigenvalue weighted by molar-refractivity contribution is 5.95. The molecule has 0 aromatic heterocycles. The van der Waals surface area contributed by atoms with Gasteiger partial charge in [0.05, 0.1) is 27.2 Å². The Morgan fingerprint density at radius 1 is 0.420 bits per heavy atom. The molecular formula is C44H89ClN2O3. The number of nitrogens with zero attached hydrogens (tertiary/aromatic N) is 2. The Labute approximate surface area is 319 Å². The summed E-state index contributed by atoms with van der Waals surface area (Å²) in [6.07, 6.45) is 42.0. The van der Waals surface area contributed by atoms with Crippen molar-refractivity contribution < 1.29 is 31.6 Å². The van der Waals surface area contributed by atoms with Gasteiger partial charge in [0, 0.05) is 38.8 Å². The lowest BCUT2D eigenvalue weighted by Crippen LogP contribution is -3.00. The first-order chi connectivity index (χ1) is 23.9. The summed E-state index contributed by atoms with van der Waals surface area (Å²) in [5, 5.41) is 9.24. The Bertz CT molecular complexity index is 671. The molecule has 0 unspecified atom stereocenters. The smallest absolute Gasteiger partial charge is 0.229 e. The van der Waals surface area contributed by atoms with Gasteiger partial charge in [0.25, 0.3) is 0 Å². The molecular weight excluding hydrogens is 640 g/mol. The molecule has 0 spiro atoms. The first-order valence-corrected chi connectivity index (χ1v) is 22.1. The van der Waals surface area contributed by atoms with E-state index in [9.17, 15) is 14.7 Å². The van der Waals surface area contributed by atoms with Crippen LogP contribution in [-0.2, 0) is 9.59 Å². The molecule has 6 heteroatoms. The van der Waals surface area contributed by atoms with Gasteiger partial charge in [-0.05, 0) is 12.8 Å². The quantitative estimate of drug-likeness (QED) is 0.0507. The molecule has 1 N–H and O–H groups in total. The third-order valence-electron chi connectivity index (χ3n) is 10.7. The largest absolute Gasteiger partial charge is 1.00 e. The molecule has 0 saturated carbocycles. The number of rotatable bonds is 39. The second-order valence-corrected chi connectivity index (χ2v) is 16.2. The fraction of sp³-hybridized carbons (Fsp3) is 0.955.